The Labute approximate surface area is 164 Å². The molecule has 7 nitrogen and oxygen atoms in total. The third-order valence-electron chi connectivity index (χ3n) is 7.01. The molecule has 28 heavy (non-hydrogen) atoms. The number of amides is 1. The van der Waals surface area contributed by atoms with Crippen molar-refractivity contribution in [3.8, 4) is 11.5 Å². The van der Waals surface area contributed by atoms with Gasteiger partial charge < -0.3 is 19.5 Å². The van der Waals surface area contributed by atoms with E-state index in [1.807, 2.05) is 17.0 Å². The number of nitrogens with zero attached hydrogens (tertiary/aromatic N) is 2. The van der Waals surface area contributed by atoms with Gasteiger partial charge in [0, 0.05) is 32.7 Å². The van der Waals surface area contributed by atoms with Crippen LogP contribution in [0.3, 0.4) is 0 Å². The lowest BCUT2D eigenvalue weighted by molar-refractivity contribution is -0.153. The van der Waals surface area contributed by atoms with E-state index < -0.39 is 11.9 Å². The number of hydrogen-bond donors (Lipinski definition) is 1. The molecule has 150 valence electrons. The number of carbonyl (C=O) groups excluding carboxylic acids is 1. The predicted molar refractivity (Wildman–Crippen MR) is 99.9 cm³/mol. The molecule has 2 aliphatic heterocycles. The Hall–Kier alpha value is -2.28. The third kappa shape index (κ3) is 3.02. The van der Waals surface area contributed by atoms with Crippen LogP contribution in [0.15, 0.2) is 18.2 Å². The molecule has 2 heterocycles. The quantitative estimate of drug-likeness (QED) is 0.850. The first-order chi connectivity index (χ1) is 13.6. The molecule has 1 saturated heterocycles. The molecule has 1 amide bonds. The Kier molecular flexibility index (Phi) is 4.42. The predicted octanol–water partition coefficient (Wildman–Crippen LogP) is 1.81. The second-order valence-corrected chi connectivity index (χ2v) is 8.51. The number of carbonyl (C=O) groups is 2. The highest BCUT2D eigenvalue weighted by atomic mass is 16.7. The number of hydrogen-bond acceptors (Lipinski definition) is 5. The van der Waals surface area contributed by atoms with E-state index in [0.29, 0.717) is 13.1 Å². The van der Waals surface area contributed by atoms with E-state index in [0.717, 1.165) is 50.4 Å². The maximum Gasteiger partial charge on any atom is 0.307 e. The van der Waals surface area contributed by atoms with Crippen molar-refractivity contribution in [2.45, 2.75) is 25.8 Å². The average Bonchev–Trinajstić information content (AvgIpc) is 3.43. The Morgan fingerprint density at radius 3 is 2.46 bits per heavy atom. The molecule has 1 N–H and O–H groups in total. The van der Waals surface area contributed by atoms with Crippen LogP contribution < -0.4 is 9.47 Å². The molecule has 4 aliphatic rings. The van der Waals surface area contributed by atoms with Crippen molar-refractivity contribution in [2.75, 3.05) is 33.0 Å². The van der Waals surface area contributed by atoms with Crippen molar-refractivity contribution in [1.82, 2.24) is 9.80 Å². The summed E-state index contributed by atoms with van der Waals surface area (Å²) in [5.74, 6) is 0.554. The number of ether oxygens (including phenoxy) is 2. The first-order valence-corrected chi connectivity index (χ1v) is 10.2. The summed E-state index contributed by atoms with van der Waals surface area (Å²) >= 11 is 0. The van der Waals surface area contributed by atoms with Crippen molar-refractivity contribution in [3.63, 3.8) is 0 Å². The molecule has 0 radical (unpaired) electrons. The molecule has 1 aromatic carbocycles. The van der Waals surface area contributed by atoms with Crippen molar-refractivity contribution in [2.24, 2.45) is 23.7 Å². The molecule has 3 fully saturated rings. The van der Waals surface area contributed by atoms with Crippen LogP contribution >= 0.6 is 0 Å². The zero-order valence-electron chi connectivity index (χ0n) is 15.9. The summed E-state index contributed by atoms with van der Waals surface area (Å²) < 4.78 is 10.8. The molecule has 5 rings (SSSR count). The second-order valence-electron chi connectivity index (χ2n) is 8.51. The molecule has 2 saturated carbocycles. The summed E-state index contributed by atoms with van der Waals surface area (Å²) in [6, 6.07) is 6.02. The first kappa shape index (κ1) is 17.8. The largest absolute Gasteiger partial charge is 0.481 e. The van der Waals surface area contributed by atoms with Gasteiger partial charge in [0.25, 0.3) is 0 Å². The molecule has 0 unspecified atom stereocenters. The monoisotopic (exact) mass is 386 g/mol. The smallest absolute Gasteiger partial charge is 0.307 e. The minimum absolute atomic E-state index is 0.0716. The van der Waals surface area contributed by atoms with E-state index in [9.17, 15) is 14.7 Å². The molecule has 4 atom stereocenters. The van der Waals surface area contributed by atoms with Crippen molar-refractivity contribution >= 4 is 11.9 Å². The Morgan fingerprint density at radius 2 is 1.71 bits per heavy atom. The highest BCUT2D eigenvalue weighted by Gasteiger charge is 2.54. The van der Waals surface area contributed by atoms with E-state index in [1.54, 1.807) is 0 Å². The lowest BCUT2D eigenvalue weighted by Crippen LogP contribution is -2.52. The molecule has 2 aliphatic carbocycles. The van der Waals surface area contributed by atoms with Crippen LogP contribution in [-0.4, -0.2) is 59.8 Å². The molecule has 7 heteroatoms. The first-order valence-electron chi connectivity index (χ1n) is 10.2. The van der Waals surface area contributed by atoms with Gasteiger partial charge in [-0.2, -0.15) is 0 Å². The van der Waals surface area contributed by atoms with E-state index >= 15 is 0 Å². The summed E-state index contributed by atoms with van der Waals surface area (Å²) in [7, 11) is 0. The summed E-state index contributed by atoms with van der Waals surface area (Å²) in [5, 5.41) is 9.63. The van der Waals surface area contributed by atoms with Gasteiger partial charge in [0.05, 0.1) is 11.8 Å². The fourth-order valence-electron chi connectivity index (χ4n) is 5.64. The Bertz CT molecular complexity index is 789. The number of aliphatic carboxylic acids is 1. The van der Waals surface area contributed by atoms with Gasteiger partial charge in [0.2, 0.25) is 12.7 Å². The summed E-state index contributed by atoms with van der Waals surface area (Å²) in [6.07, 6.45) is 2.89. The molecule has 2 bridgehead atoms. The maximum absolute atomic E-state index is 13.1. The SMILES string of the molecule is O=C(O)[C@@H]1[C@H]2CC[C@@H](C2)[C@H]1C(=O)N1CCN(Cc2ccc3c(c2)OCO3)CC1. The van der Waals surface area contributed by atoms with Crippen LogP contribution in [0.2, 0.25) is 0 Å². The van der Waals surface area contributed by atoms with Gasteiger partial charge in [-0.3, -0.25) is 14.5 Å². The zero-order valence-corrected chi connectivity index (χ0v) is 15.9. The summed E-state index contributed by atoms with van der Waals surface area (Å²) in [4.78, 5) is 29.1. The molecule has 0 aromatic heterocycles. The van der Waals surface area contributed by atoms with Crippen LogP contribution in [0.4, 0.5) is 0 Å². The van der Waals surface area contributed by atoms with E-state index in [4.69, 9.17) is 9.47 Å². The molecule has 0 spiro atoms. The normalized spacial score (nSPS) is 31.4. The zero-order chi connectivity index (χ0) is 19.3. The fourth-order valence-corrected chi connectivity index (χ4v) is 5.64. The van der Waals surface area contributed by atoms with Gasteiger partial charge >= 0.3 is 5.97 Å². The van der Waals surface area contributed by atoms with Crippen molar-refractivity contribution in [1.29, 1.82) is 0 Å². The van der Waals surface area contributed by atoms with Crippen LogP contribution in [0, 0.1) is 23.7 Å². The van der Waals surface area contributed by atoms with Gasteiger partial charge in [-0.1, -0.05) is 6.07 Å². The average molecular weight is 386 g/mol. The van der Waals surface area contributed by atoms with E-state index in [-0.39, 0.29) is 30.5 Å². The maximum atomic E-state index is 13.1. The Morgan fingerprint density at radius 1 is 1.00 bits per heavy atom. The van der Waals surface area contributed by atoms with E-state index in [2.05, 4.69) is 11.0 Å². The Balaban J connectivity index is 1.19. The van der Waals surface area contributed by atoms with Gasteiger partial charge in [0.1, 0.15) is 0 Å². The number of benzene rings is 1. The minimum Gasteiger partial charge on any atom is -0.481 e. The number of carboxylic acids is 1. The summed E-state index contributed by atoms with van der Waals surface area (Å²) in [6.45, 7) is 4.04. The van der Waals surface area contributed by atoms with E-state index in [1.165, 1.54) is 5.56 Å². The highest BCUT2D eigenvalue weighted by molar-refractivity contribution is 5.86. The van der Waals surface area contributed by atoms with Gasteiger partial charge in [-0.05, 0) is 48.8 Å². The summed E-state index contributed by atoms with van der Waals surface area (Å²) in [5.41, 5.74) is 1.17. The number of piperazine rings is 1. The second kappa shape index (κ2) is 6.95. The molecular formula is C21H26N2O5. The minimum atomic E-state index is -0.785. The number of rotatable bonds is 4. The lowest BCUT2D eigenvalue weighted by Gasteiger charge is -2.38. The topological polar surface area (TPSA) is 79.3 Å². The number of fused-ring (bicyclic) bond motifs is 3. The van der Waals surface area contributed by atoms with Crippen LogP contribution in [-0.2, 0) is 16.1 Å². The van der Waals surface area contributed by atoms with Gasteiger partial charge in [-0.15, -0.1) is 0 Å². The van der Waals surface area contributed by atoms with Gasteiger partial charge in [0.15, 0.2) is 11.5 Å². The van der Waals surface area contributed by atoms with Crippen LogP contribution in [0.5, 0.6) is 11.5 Å². The van der Waals surface area contributed by atoms with Crippen molar-refractivity contribution in [3.05, 3.63) is 23.8 Å². The fraction of sp³-hybridized carbons (Fsp3) is 0.619. The standard InChI is InChI=1S/C21H26N2O5/c24-20(18-14-2-3-15(10-14)19(18)21(25)26)23-7-5-22(6-8-23)11-13-1-4-16-17(9-13)28-12-27-16/h1,4,9,14-15,18-19H,2-3,5-8,10-12H2,(H,25,26)/t14-,15-,18+,19+/m0/s1. The third-order valence-corrected chi connectivity index (χ3v) is 7.01. The van der Waals surface area contributed by atoms with Gasteiger partial charge in [-0.25, -0.2) is 0 Å². The van der Waals surface area contributed by atoms with Crippen molar-refractivity contribution < 1.29 is 24.2 Å². The highest BCUT2D eigenvalue weighted by Crippen LogP contribution is 2.53. The van der Waals surface area contributed by atoms with Crippen LogP contribution in [0.25, 0.3) is 0 Å². The lowest BCUT2D eigenvalue weighted by atomic mass is 9.78. The molecular weight excluding hydrogens is 360 g/mol. The molecule has 1 aromatic rings. The van der Waals surface area contributed by atoms with Crippen LogP contribution in [0.1, 0.15) is 24.8 Å². The number of carboxylic acid groups (broad SMARTS) is 1.